The number of rotatable bonds is 5. The monoisotopic (exact) mass is 381 g/mol. The zero-order valence-corrected chi connectivity index (χ0v) is 15.4. The summed E-state index contributed by atoms with van der Waals surface area (Å²) in [6, 6.07) is 19.4. The van der Waals surface area contributed by atoms with E-state index in [1.807, 2.05) is 66.0 Å². The SMILES string of the molecule is OC(c1cccs1)c1cnc2cc(OCc3ccccc3)ccc2c1Cl. The third-order valence-corrected chi connectivity index (χ3v) is 5.50. The van der Waals surface area contributed by atoms with Crippen LogP contribution in [0.15, 0.2) is 72.2 Å². The molecular weight excluding hydrogens is 366 g/mol. The third kappa shape index (κ3) is 3.44. The highest BCUT2D eigenvalue weighted by atomic mass is 35.5. The van der Waals surface area contributed by atoms with Gasteiger partial charge in [-0.15, -0.1) is 11.3 Å². The smallest absolute Gasteiger partial charge is 0.122 e. The molecule has 4 aromatic rings. The predicted molar refractivity (Wildman–Crippen MR) is 106 cm³/mol. The zero-order chi connectivity index (χ0) is 17.9. The number of benzene rings is 2. The van der Waals surface area contributed by atoms with Gasteiger partial charge >= 0.3 is 0 Å². The molecule has 0 saturated heterocycles. The lowest BCUT2D eigenvalue weighted by Crippen LogP contribution is -2.00. The first-order chi connectivity index (χ1) is 12.7. The van der Waals surface area contributed by atoms with Gasteiger partial charge in [-0.3, -0.25) is 4.98 Å². The van der Waals surface area contributed by atoms with Crippen LogP contribution in [-0.4, -0.2) is 10.1 Å². The minimum absolute atomic E-state index is 0.495. The third-order valence-electron chi connectivity index (χ3n) is 4.16. The van der Waals surface area contributed by atoms with Gasteiger partial charge in [-0.05, 0) is 29.1 Å². The number of thiophene rings is 1. The van der Waals surface area contributed by atoms with Crippen LogP contribution in [0.1, 0.15) is 22.1 Å². The van der Waals surface area contributed by atoms with Crippen molar-refractivity contribution >= 4 is 33.8 Å². The number of ether oxygens (including phenoxy) is 1. The Kier molecular flexibility index (Phi) is 4.89. The van der Waals surface area contributed by atoms with E-state index in [2.05, 4.69) is 4.98 Å². The van der Waals surface area contributed by atoms with Crippen LogP contribution < -0.4 is 4.74 Å². The number of hydrogen-bond acceptors (Lipinski definition) is 4. The lowest BCUT2D eigenvalue weighted by molar-refractivity contribution is 0.224. The molecule has 2 heterocycles. The highest BCUT2D eigenvalue weighted by molar-refractivity contribution is 7.10. The van der Waals surface area contributed by atoms with E-state index in [-0.39, 0.29) is 0 Å². The minimum atomic E-state index is -0.770. The average Bonchev–Trinajstić information content (AvgIpc) is 3.22. The summed E-state index contributed by atoms with van der Waals surface area (Å²) in [7, 11) is 0. The van der Waals surface area contributed by atoms with Gasteiger partial charge in [0.05, 0.1) is 10.5 Å². The van der Waals surface area contributed by atoms with E-state index in [1.165, 1.54) is 11.3 Å². The number of aliphatic hydroxyl groups excluding tert-OH is 1. The van der Waals surface area contributed by atoms with Crippen LogP contribution in [0.3, 0.4) is 0 Å². The topological polar surface area (TPSA) is 42.4 Å². The second-order valence-corrected chi connectivity index (χ2v) is 7.26. The Balaban J connectivity index is 1.60. The van der Waals surface area contributed by atoms with Gasteiger partial charge < -0.3 is 9.84 Å². The molecule has 1 N–H and O–H groups in total. The molecule has 4 rings (SSSR count). The molecule has 0 aliphatic rings. The summed E-state index contributed by atoms with van der Waals surface area (Å²) in [5.41, 5.74) is 2.45. The van der Waals surface area contributed by atoms with E-state index in [9.17, 15) is 5.11 Å². The van der Waals surface area contributed by atoms with Crippen LogP contribution in [0.5, 0.6) is 5.75 Å². The number of aliphatic hydroxyl groups is 1. The summed E-state index contributed by atoms with van der Waals surface area (Å²) < 4.78 is 5.85. The first-order valence-electron chi connectivity index (χ1n) is 8.19. The molecule has 1 unspecified atom stereocenters. The van der Waals surface area contributed by atoms with Crippen molar-refractivity contribution < 1.29 is 9.84 Å². The lowest BCUT2D eigenvalue weighted by Gasteiger charge is -2.13. The van der Waals surface area contributed by atoms with E-state index in [4.69, 9.17) is 16.3 Å². The van der Waals surface area contributed by atoms with Crippen molar-refractivity contribution in [1.82, 2.24) is 4.98 Å². The van der Waals surface area contributed by atoms with E-state index in [0.717, 1.165) is 27.1 Å². The number of hydrogen-bond donors (Lipinski definition) is 1. The van der Waals surface area contributed by atoms with Crippen molar-refractivity contribution in [2.75, 3.05) is 0 Å². The Bertz CT molecular complexity index is 1020. The first-order valence-corrected chi connectivity index (χ1v) is 9.44. The van der Waals surface area contributed by atoms with Crippen LogP contribution in [0.25, 0.3) is 10.9 Å². The highest BCUT2D eigenvalue weighted by Gasteiger charge is 2.17. The maximum atomic E-state index is 10.5. The number of fused-ring (bicyclic) bond motifs is 1. The van der Waals surface area contributed by atoms with Gasteiger partial charge in [-0.1, -0.05) is 48.0 Å². The molecule has 0 amide bonds. The zero-order valence-electron chi connectivity index (χ0n) is 13.8. The van der Waals surface area contributed by atoms with E-state index in [1.54, 1.807) is 6.20 Å². The van der Waals surface area contributed by atoms with Gasteiger partial charge in [-0.2, -0.15) is 0 Å². The Hall–Kier alpha value is -2.40. The number of aromatic nitrogens is 1. The molecule has 5 heteroatoms. The van der Waals surface area contributed by atoms with E-state index in [0.29, 0.717) is 17.2 Å². The fourth-order valence-corrected chi connectivity index (χ4v) is 3.82. The maximum Gasteiger partial charge on any atom is 0.122 e. The number of halogens is 1. The Morgan fingerprint density at radius 3 is 2.69 bits per heavy atom. The summed E-state index contributed by atoms with van der Waals surface area (Å²) in [4.78, 5) is 5.31. The Morgan fingerprint density at radius 1 is 1.08 bits per heavy atom. The molecule has 0 aliphatic heterocycles. The summed E-state index contributed by atoms with van der Waals surface area (Å²) in [6.45, 7) is 0.495. The molecular formula is C21H16ClNO2S. The fourth-order valence-electron chi connectivity index (χ4n) is 2.78. The second-order valence-electron chi connectivity index (χ2n) is 5.90. The van der Waals surface area contributed by atoms with Gasteiger partial charge in [0.25, 0.3) is 0 Å². The Labute approximate surface area is 160 Å². The van der Waals surface area contributed by atoms with E-state index >= 15 is 0 Å². The summed E-state index contributed by atoms with van der Waals surface area (Å²) in [6.07, 6.45) is 0.865. The van der Waals surface area contributed by atoms with Crippen molar-refractivity contribution in [3.8, 4) is 5.75 Å². The van der Waals surface area contributed by atoms with Crippen molar-refractivity contribution in [2.45, 2.75) is 12.7 Å². The van der Waals surface area contributed by atoms with E-state index < -0.39 is 6.10 Å². The van der Waals surface area contributed by atoms with Crippen LogP contribution in [0.2, 0.25) is 5.02 Å². The van der Waals surface area contributed by atoms with Crippen LogP contribution in [0.4, 0.5) is 0 Å². The molecule has 2 aromatic carbocycles. The van der Waals surface area contributed by atoms with Crippen molar-refractivity contribution in [3.05, 3.63) is 93.3 Å². The molecule has 0 saturated carbocycles. The van der Waals surface area contributed by atoms with Crippen molar-refractivity contribution in [3.63, 3.8) is 0 Å². The summed E-state index contributed by atoms with van der Waals surface area (Å²) in [5.74, 6) is 0.733. The lowest BCUT2D eigenvalue weighted by atomic mass is 10.1. The molecule has 0 aliphatic carbocycles. The Morgan fingerprint density at radius 2 is 1.92 bits per heavy atom. The minimum Gasteiger partial charge on any atom is -0.489 e. The first kappa shape index (κ1) is 17.0. The van der Waals surface area contributed by atoms with Crippen molar-refractivity contribution in [2.24, 2.45) is 0 Å². The highest BCUT2D eigenvalue weighted by Crippen LogP contribution is 2.35. The van der Waals surface area contributed by atoms with Crippen LogP contribution in [0, 0.1) is 0 Å². The maximum absolute atomic E-state index is 10.5. The van der Waals surface area contributed by atoms with Gasteiger partial charge in [-0.25, -0.2) is 0 Å². The molecule has 0 bridgehead atoms. The molecule has 1 atom stereocenters. The fraction of sp³-hybridized carbons (Fsp3) is 0.0952. The molecule has 0 fully saturated rings. The largest absolute Gasteiger partial charge is 0.489 e. The van der Waals surface area contributed by atoms with Gasteiger partial charge in [0.15, 0.2) is 0 Å². The number of pyridine rings is 1. The normalized spacial score (nSPS) is 12.2. The molecule has 0 spiro atoms. The summed E-state index contributed by atoms with van der Waals surface area (Å²) >= 11 is 8.03. The van der Waals surface area contributed by atoms with Gasteiger partial charge in [0, 0.05) is 28.1 Å². The average molecular weight is 382 g/mol. The quantitative estimate of drug-likeness (QED) is 0.488. The summed E-state index contributed by atoms with van der Waals surface area (Å²) in [5, 5.41) is 13.8. The van der Waals surface area contributed by atoms with Gasteiger partial charge in [0.1, 0.15) is 18.5 Å². The molecule has 0 radical (unpaired) electrons. The molecule has 2 aromatic heterocycles. The molecule has 130 valence electrons. The standard InChI is InChI=1S/C21H16ClNO2S/c22-20-16-9-8-15(25-13-14-5-2-1-3-6-14)11-18(16)23-12-17(20)21(24)19-7-4-10-26-19/h1-12,21,24H,13H2. The second kappa shape index (κ2) is 7.46. The predicted octanol–water partition coefficient (Wildman–Crippen LogP) is 5.61. The van der Waals surface area contributed by atoms with Crippen LogP contribution >= 0.6 is 22.9 Å². The van der Waals surface area contributed by atoms with Crippen molar-refractivity contribution in [1.29, 1.82) is 0 Å². The molecule has 3 nitrogen and oxygen atoms in total. The molecule has 26 heavy (non-hydrogen) atoms. The van der Waals surface area contributed by atoms with Gasteiger partial charge in [0.2, 0.25) is 0 Å². The number of nitrogens with zero attached hydrogens (tertiary/aromatic N) is 1. The van der Waals surface area contributed by atoms with Crippen LogP contribution in [-0.2, 0) is 6.61 Å².